The average Bonchev–Trinajstić information content (AvgIpc) is 2.29. The summed E-state index contributed by atoms with van der Waals surface area (Å²) in [6.45, 7) is 5.20. The monoisotopic (exact) mass is 250 g/mol. The van der Waals surface area contributed by atoms with Crippen molar-refractivity contribution in [2.75, 3.05) is 6.54 Å². The molecule has 0 radical (unpaired) electrons. The molecule has 0 aromatic carbocycles. The molecule has 17 heavy (non-hydrogen) atoms. The SMILES string of the molecule is CCNC1=CCCC2CC=CC(NC(C)S)=C12. The number of rotatable bonds is 4. The van der Waals surface area contributed by atoms with Crippen LogP contribution in [-0.2, 0) is 0 Å². The second kappa shape index (κ2) is 5.67. The van der Waals surface area contributed by atoms with E-state index in [0.717, 1.165) is 6.54 Å². The van der Waals surface area contributed by atoms with Gasteiger partial charge in [-0.05, 0) is 45.1 Å². The summed E-state index contributed by atoms with van der Waals surface area (Å²) in [6.07, 6.45) is 10.4. The van der Waals surface area contributed by atoms with Crippen molar-refractivity contribution in [2.45, 2.75) is 38.5 Å². The van der Waals surface area contributed by atoms with Gasteiger partial charge < -0.3 is 10.6 Å². The van der Waals surface area contributed by atoms with E-state index >= 15 is 0 Å². The second-order valence-electron chi connectivity index (χ2n) is 4.71. The van der Waals surface area contributed by atoms with E-state index in [9.17, 15) is 0 Å². The summed E-state index contributed by atoms with van der Waals surface area (Å²) in [5.74, 6) is 0.675. The number of thiol groups is 1. The zero-order valence-electron chi connectivity index (χ0n) is 10.7. The van der Waals surface area contributed by atoms with Crippen molar-refractivity contribution in [3.05, 3.63) is 35.2 Å². The van der Waals surface area contributed by atoms with E-state index in [0.29, 0.717) is 5.92 Å². The Bertz CT molecular complexity index is 366. The van der Waals surface area contributed by atoms with Crippen LogP contribution in [0, 0.1) is 5.92 Å². The van der Waals surface area contributed by atoms with Gasteiger partial charge >= 0.3 is 0 Å². The fraction of sp³-hybridized carbons (Fsp3) is 0.571. The predicted molar refractivity (Wildman–Crippen MR) is 76.9 cm³/mol. The molecule has 0 bridgehead atoms. The highest BCUT2D eigenvalue weighted by Crippen LogP contribution is 2.36. The molecule has 0 saturated carbocycles. The Labute approximate surface area is 110 Å². The molecule has 0 amide bonds. The molecule has 0 spiro atoms. The van der Waals surface area contributed by atoms with Crippen molar-refractivity contribution in [1.29, 1.82) is 0 Å². The number of allylic oxidation sites excluding steroid dienone is 4. The number of fused-ring (bicyclic) bond motifs is 1. The summed E-state index contributed by atoms with van der Waals surface area (Å²) in [6, 6.07) is 0. The zero-order chi connectivity index (χ0) is 12.3. The van der Waals surface area contributed by atoms with Crippen LogP contribution >= 0.6 is 12.6 Å². The quantitative estimate of drug-likeness (QED) is 0.528. The van der Waals surface area contributed by atoms with E-state index in [1.54, 1.807) is 0 Å². The Balaban J connectivity index is 2.32. The van der Waals surface area contributed by atoms with Gasteiger partial charge in [0.15, 0.2) is 0 Å². The van der Waals surface area contributed by atoms with E-state index in [1.165, 1.54) is 36.2 Å². The van der Waals surface area contributed by atoms with Gasteiger partial charge in [0, 0.05) is 23.5 Å². The number of likely N-dealkylation sites (N-methyl/N-ethyl adjacent to an activating group) is 1. The fourth-order valence-electron chi connectivity index (χ4n) is 2.65. The minimum Gasteiger partial charge on any atom is -0.385 e. The molecule has 0 aromatic heterocycles. The van der Waals surface area contributed by atoms with Crippen LogP contribution in [0.4, 0.5) is 0 Å². The lowest BCUT2D eigenvalue weighted by Gasteiger charge is -2.31. The maximum atomic E-state index is 4.43. The van der Waals surface area contributed by atoms with Crippen molar-refractivity contribution < 1.29 is 0 Å². The highest BCUT2D eigenvalue weighted by molar-refractivity contribution is 7.80. The number of nitrogens with one attached hydrogen (secondary N) is 2. The summed E-state index contributed by atoms with van der Waals surface area (Å²) >= 11 is 4.43. The van der Waals surface area contributed by atoms with Crippen LogP contribution in [0.5, 0.6) is 0 Å². The van der Waals surface area contributed by atoms with Crippen LogP contribution in [0.2, 0.25) is 0 Å². The molecule has 2 nitrogen and oxygen atoms in total. The minimum absolute atomic E-state index is 0.186. The van der Waals surface area contributed by atoms with Gasteiger partial charge in [-0.2, -0.15) is 12.6 Å². The highest BCUT2D eigenvalue weighted by Gasteiger charge is 2.25. The lowest BCUT2D eigenvalue weighted by atomic mass is 9.80. The standard InChI is InChI=1S/C14H22N2S/c1-3-15-12-8-4-6-11-7-5-9-13(14(11)12)16-10(2)17/h5,8-11,15-17H,3-4,6-7H2,1-2H3. The Morgan fingerprint density at radius 2 is 2.35 bits per heavy atom. The third-order valence-corrected chi connectivity index (χ3v) is 3.42. The summed E-state index contributed by atoms with van der Waals surface area (Å²) < 4.78 is 0. The van der Waals surface area contributed by atoms with Crippen molar-refractivity contribution in [3.63, 3.8) is 0 Å². The first-order chi connectivity index (χ1) is 8.22. The lowest BCUT2D eigenvalue weighted by molar-refractivity contribution is 0.529. The Hall–Kier alpha value is -0.830. The van der Waals surface area contributed by atoms with Crippen molar-refractivity contribution in [3.8, 4) is 0 Å². The average molecular weight is 250 g/mol. The van der Waals surface area contributed by atoms with Crippen molar-refractivity contribution >= 4 is 12.6 Å². The van der Waals surface area contributed by atoms with Crippen molar-refractivity contribution in [1.82, 2.24) is 10.6 Å². The molecule has 0 saturated heterocycles. The largest absolute Gasteiger partial charge is 0.385 e. The molecule has 2 unspecified atom stereocenters. The van der Waals surface area contributed by atoms with E-state index in [-0.39, 0.29) is 5.37 Å². The molecular weight excluding hydrogens is 228 g/mol. The van der Waals surface area contributed by atoms with Crippen LogP contribution in [0.15, 0.2) is 35.2 Å². The lowest BCUT2D eigenvalue weighted by Crippen LogP contribution is -2.29. The van der Waals surface area contributed by atoms with Gasteiger partial charge in [-0.25, -0.2) is 0 Å². The van der Waals surface area contributed by atoms with E-state index in [1.807, 2.05) is 0 Å². The van der Waals surface area contributed by atoms with Crippen LogP contribution in [0.1, 0.15) is 33.1 Å². The first-order valence-electron chi connectivity index (χ1n) is 6.52. The molecule has 2 atom stereocenters. The van der Waals surface area contributed by atoms with Crippen LogP contribution < -0.4 is 10.6 Å². The van der Waals surface area contributed by atoms with E-state index in [2.05, 4.69) is 55.3 Å². The van der Waals surface area contributed by atoms with Gasteiger partial charge in [0.25, 0.3) is 0 Å². The smallest absolute Gasteiger partial charge is 0.0665 e. The maximum Gasteiger partial charge on any atom is 0.0665 e. The molecule has 3 heteroatoms. The molecule has 0 aliphatic heterocycles. The first-order valence-corrected chi connectivity index (χ1v) is 7.03. The third-order valence-electron chi connectivity index (χ3n) is 3.29. The molecular formula is C14H22N2S. The summed E-state index contributed by atoms with van der Waals surface area (Å²) in [5, 5.41) is 7.12. The van der Waals surface area contributed by atoms with Crippen LogP contribution in [0.25, 0.3) is 0 Å². The summed E-state index contributed by atoms with van der Waals surface area (Å²) in [7, 11) is 0. The highest BCUT2D eigenvalue weighted by atomic mass is 32.1. The number of hydrogen-bond acceptors (Lipinski definition) is 3. The summed E-state index contributed by atoms with van der Waals surface area (Å²) in [5.41, 5.74) is 4.03. The van der Waals surface area contributed by atoms with E-state index in [4.69, 9.17) is 0 Å². The molecule has 2 aliphatic carbocycles. The van der Waals surface area contributed by atoms with Crippen LogP contribution in [-0.4, -0.2) is 11.9 Å². The third kappa shape index (κ3) is 2.89. The topological polar surface area (TPSA) is 24.1 Å². The maximum absolute atomic E-state index is 4.43. The molecule has 94 valence electrons. The normalized spacial score (nSPS) is 25.1. The molecule has 2 N–H and O–H groups in total. The van der Waals surface area contributed by atoms with E-state index < -0.39 is 0 Å². The second-order valence-corrected chi connectivity index (χ2v) is 5.48. The van der Waals surface area contributed by atoms with Gasteiger partial charge in [0.1, 0.15) is 0 Å². The minimum atomic E-state index is 0.186. The number of hydrogen-bond donors (Lipinski definition) is 3. The van der Waals surface area contributed by atoms with Crippen molar-refractivity contribution in [2.24, 2.45) is 5.92 Å². The van der Waals surface area contributed by atoms with Gasteiger partial charge in [-0.1, -0.05) is 12.2 Å². The fourth-order valence-corrected chi connectivity index (χ4v) is 2.79. The Kier molecular flexibility index (Phi) is 4.21. The molecule has 0 heterocycles. The molecule has 0 fully saturated rings. The summed E-state index contributed by atoms with van der Waals surface area (Å²) in [4.78, 5) is 0. The molecule has 2 aliphatic rings. The Morgan fingerprint density at radius 1 is 1.53 bits per heavy atom. The van der Waals surface area contributed by atoms with Gasteiger partial charge in [-0.15, -0.1) is 0 Å². The predicted octanol–water partition coefficient (Wildman–Crippen LogP) is 2.97. The Morgan fingerprint density at radius 3 is 3.06 bits per heavy atom. The van der Waals surface area contributed by atoms with Gasteiger partial charge in [0.2, 0.25) is 0 Å². The first kappa shape index (κ1) is 12.6. The molecule has 2 rings (SSSR count). The van der Waals surface area contributed by atoms with Gasteiger partial charge in [-0.3, -0.25) is 0 Å². The van der Waals surface area contributed by atoms with Gasteiger partial charge in [0.05, 0.1) is 5.37 Å². The molecule has 0 aromatic rings. The zero-order valence-corrected chi connectivity index (χ0v) is 11.6. The van der Waals surface area contributed by atoms with Crippen LogP contribution in [0.3, 0.4) is 0 Å².